The summed E-state index contributed by atoms with van der Waals surface area (Å²) in [5, 5.41) is 4.04. The lowest BCUT2D eigenvalue weighted by Gasteiger charge is -2.13. The number of nitrogens with one attached hydrogen (secondary N) is 2. The van der Waals surface area contributed by atoms with Crippen molar-refractivity contribution in [2.45, 2.75) is 53.5 Å². The van der Waals surface area contributed by atoms with Crippen LogP contribution in [0.15, 0.2) is 66.3 Å². The molecule has 0 aliphatic carbocycles. The Balaban J connectivity index is 2.10. The Labute approximate surface area is 215 Å². The summed E-state index contributed by atoms with van der Waals surface area (Å²) in [5.74, 6) is -0.155. The third-order valence-corrected chi connectivity index (χ3v) is 6.21. The van der Waals surface area contributed by atoms with E-state index in [1.165, 1.54) is 0 Å². The normalized spacial score (nSPS) is 13.2. The minimum absolute atomic E-state index is 0.124. The molecule has 0 spiro atoms. The van der Waals surface area contributed by atoms with Crippen LogP contribution in [0.3, 0.4) is 0 Å². The van der Waals surface area contributed by atoms with Crippen LogP contribution >= 0.6 is 0 Å². The lowest BCUT2D eigenvalue weighted by Crippen LogP contribution is -2.37. The predicted octanol–water partition coefficient (Wildman–Crippen LogP) is 6.17. The van der Waals surface area contributed by atoms with Gasteiger partial charge in [0, 0.05) is 29.1 Å². The molecule has 0 saturated heterocycles. The maximum Gasteiger partial charge on any atom is 0.268 e. The van der Waals surface area contributed by atoms with E-state index >= 15 is 0 Å². The lowest BCUT2D eigenvalue weighted by molar-refractivity contribution is 0.0947. The summed E-state index contributed by atoms with van der Waals surface area (Å²) in [5.41, 5.74) is 21.9. The topological polar surface area (TPSA) is 96.9 Å². The summed E-state index contributed by atoms with van der Waals surface area (Å²) in [6.07, 6.45) is 5.85. The van der Waals surface area contributed by atoms with Crippen molar-refractivity contribution < 1.29 is 4.79 Å². The van der Waals surface area contributed by atoms with Crippen molar-refractivity contribution in [2.24, 2.45) is 11.5 Å². The average Bonchev–Trinajstić information content (AvgIpc) is 3.18. The quantitative estimate of drug-likeness (QED) is 0.259. The van der Waals surface area contributed by atoms with Gasteiger partial charge in [-0.15, -0.1) is 0 Å². The second-order valence-corrected chi connectivity index (χ2v) is 9.97. The zero-order valence-electron chi connectivity index (χ0n) is 22.3. The summed E-state index contributed by atoms with van der Waals surface area (Å²) in [6.45, 7) is 15.3. The van der Waals surface area contributed by atoms with E-state index in [1.54, 1.807) is 0 Å². The van der Waals surface area contributed by atoms with Gasteiger partial charge in [0.05, 0.1) is 0 Å². The zero-order valence-corrected chi connectivity index (χ0v) is 22.3. The van der Waals surface area contributed by atoms with Crippen molar-refractivity contribution in [3.05, 3.63) is 88.7 Å². The second kappa shape index (κ2) is 12.0. The number of aromatic nitrogens is 1. The maximum absolute atomic E-state index is 13.4. The van der Waals surface area contributed by atoms with Gasteiger partial charge in [0.2, 0.25) is 0 Å². The SMILES string of the molecule is C=C(C)/C=C(C)\C=C(/C)c1ccc2[nH]c(C(=O)NC[C@@H](N)CCCN)c(-c3cc(C)cc(C)c3)c2c1. The van der Waals surface area contributed by atoms with Gasteiger partial charge in [-0.1, -0.05) is 65.3 Å². The number of hydrogen-bond donors (Lipinski definition) is 4. The molecule has 5 heteroatoms. The zero-order chi connectivity index (χ0) is 26.4. The molecule has 0 bridgehead atoms. The molecule has 0 aliphatic rings. The number of aryl methyl sites for hydroxylation is 2. The molecule has 1 amide bonds. The van der Waals surface area contributed by atoms with Gasteiger partial charge in [0.25, 0.3) is 5.91 Å². The van der Waals surface area contributed by atoms with Gasteiger partial charge in [-0.2, -0.15) is 0 Å². The van der Waals surface area contributed by atoms with Crippen LogP contribution < -0.4 is 16.8 Å². The van der Waals surface area contributed by atoms with E-state index in [2.05, 4.69) is 93.1 Å². The van der Waals surface area contributed by atoms with Gasteiger partial charge in [0.15, 0.2) is 0 Å². The molecule has 6 N–H and O–H groups in total. The van der Waals surface area contributed by atoms with E-state index in [9.17, 15) is 4.79 Å². The molecule has 2 aromatic carbocycles. The maximum atomic E-state index is 13.4. The van der Waals surface area contributed by atoms with E-state index in [4.69, 9.17) is 11.5 Å². The molecule has 0 saturated carbocycles. The number of fused-ring (bicyclic) bond motifs is 1. The van der Waals surface area contributed by atoms with Crippen LogP contribution in [0.4, 0.5) is 0 Å². The van der Waals surface area contributed by atoms with E-state index < -0.39 is 0 Å². The molecule has 3 rings (SSSR count). The third kappa shape index (κ3) is 6.84. The Morgan fingerprint density at radius 3 is 2.42 bits per heavy atom. The molecule has 1 aromatic heterocycles. The van der Waals surface area contributed by atoms with Crippen LogP contribution in [0.2, 0.25) is 0 Å². The number of H-pyrrole nitrogens is 1. The minimum Gasteiger partial charge on any atom is -0.350 e. The summed E-state index contributed by atoms with van der Waals surface area (Å²) in [4.78, 5) is 16.8. The molecule has 0 aliphatic heterocycles. The first kappa shape index (κ1) is 27.2. The van der Waals surface area contributed by atoms with Crippen LogP contribution in [0.25, 0.3) is 27.6 Å². The van der Waals surface area contributed by atoms with Crippen molar-refractivity contribution in [1.29, 1.82) is 0 Å². The highest BCUT2D eigenvalue weighted by atomic mass is 16.1. The fourth-order valence-electron chi connectivity index (χ4n) is 4.68. The third-order valence-electron chi connectivity index (χ3n) is 6.21. The highest BCUT2D eigenvalue weighted by Crippen LogP contribution is 2.35. The van der Waals surface area contributed by atoms with Crippen LogP contribution in [-0.2, 0) is 0 Å². The number of amides is 1. The summed E-state index contributed by atoms with van der Waals surface area (Å²) in [6, 6.07) is 12.6. The first-order valence-corrected chi connectivity index (χ1v) is 12.6. The van der Waals surface area contributed by atoms with Gasteiger partial charge in [-0.25, -0.2) is 0 Å². The van der Waals surface area contributed by atoms with Gasteiger partial charge in [-0.05, 0) is 82.8 Å². The monoisotopic (exact) mass is 484 g/mol. The Kier molecular flexibility index (Phi) is 9.08. The molecule has 36 heavy (non-hydrogen) atoms. The average molecular weight is 485 g/mol. The van der Waals surface area contributed by atoms with E-state index in [0.717, 1.165) is 68.3 Å². The Morgan fingerprint density at radius 2 is 1.78 bits per heavy atom. The first-order valence-electron chi connectivity index (χ1n) is 12.6. The van der Waals surface area contributed by atoms with Gasteiger partial charge in [0.1, 0.15) is 5.69 Å². The minimum atomic E-state index is -0.155. The Morgan fingerprint density at radius 1 is 1.08 bits per heavy atom. The number of nitrogens with two attached hydrogens (primary N) is 2. The predicted molar refractivity (Wildman–Crippen MR) is 154 cm³/mol. The molecule has 0 unspecified atom stereocenters. The van der Waals surface area contributed by atoms with E-state index in [1.807, 2.05) is 6.92 Å². The number of aromatic amines is 1. The highest BCUT2D eigenvalue weighted by molar-refractivity contribution is 6.10. The number of carbonyl (C=O) groups excluding carboxylic acids is 1. The highest BCUT2D eigenvalue weighted by Gasteiger charge is 2.21. The largest absolute Gasteiger partial charge is 0.350 e. The fraction of sp³-hybridized carbons (Fsp3) is 0.323. The van der Waals surface area contributed by atoms with Gasteiger partial charge >= 0.3 is 0 Å². The van der Waals surface area contributed by atoms with Crippen molar-refractivity contribution in [1.82, 2.24) is 10.3 Å². The number of hydrogen-bond acceptors (Lipinski definition) is 3. The molecule has 1 heterocycles. The fourth-order valence-corrected chi connectivity index (χ4v) is 4.68. The van der Waals surface area contributed by atoms with Crippen LogP contribution in [0.5, 0.6) is 0 Å². The number of allylic oxidation sites excluding steroid dienone is 5. The molecule has 190 valence electrons. The Bertz CT molecular complexity index is 1310. The molecular weight excluding hydrogens is 444 g/mol. The van der Waals surface area contributed by atoms with E-state index in [0.29, 0.717) is 18.8 Å². The van der Waals surface area contributed by atoms with E-state index in [-0.39, 0.29) is 11.9 Å². The summed E-state index contributed by atoms with van der Waals surface area (Å²) < 4.78 is 0. The molecular formula is C31H40N4O. The number of rotatable bonds is 10. The Hall–Kier alpha value is -3.41. The molecule has 1 atom stereocenters. The summed E-state index contributed by atoms with van der Waals surface area (Å²) >= 11 is 0. The standard InChI is InChI=1S/C31H40N4O/c1-19(2)12-20(3)14-23(6)24-9-10-28-27(17-24)29(25-15-21(4)13-22(5)16-25)30(35-28)31(36)34-18-26(33)8-7-11-32/h9-10,12-17,26,35H,1,7-8,11,18,32-33H2,2-6H3,(H,34,36)/b20-12-,23-14+/t26-/m0/s1. The van der Waals surface area contributed by atoms with Crippen molar-refractivity contribution in [3.8, 4) is 11.1 Å². The summed E-state index contributed by atoms with van der Waals surface area (Å²) in [7, 11) is 0. The van der Waals surface area contributed by atoms with Crippen molar-refractivity contribution in [2.75, 3.05) is 13.1 Å². The van der Waals surface area contributed by atoms with Gasteiger partial charge < -0.3 is 21.8 Å². The molecule has 0 radical (unpaired) electrons. The van der Waals surface area contributed by atoms with Crippen molar-refractivity contribution >= 4 is 22.4 Å². The van der Waals surface area contributed by atoms with Crippen LogP contribution in [0, 0.1) is 13.8 Å². The molecule has 5 nitrogen and oxygen atoms in total. The number of carbonyl (C=O) groups is 1. The lowest BCUT2D eigenvalue weighted by atomic mass is 9.95. The molecule has 0 fully saturated rings. The number of benzene rings is 2. The molecule has 3 aromatic rings. The van der Waals surface area contributed by atoms with Gasteiger partial charge in [-0.3, -0.25) is 4.79 Å². The van der Waals surface area contributed by atoms with Crippen molar-refractivity contribution in [3.63, 3.8) is 0 Å². The van der Waals surface area contributed by atoms with Crippen LogP contribution in [0.1, 0.15) is 60.8 Å². The first-order chi connectivity index (χ1) is 17.1. The smallest absolute Gasteiger partial charge is 0.268 e. The van der Waals surface area contributed by atoms with Crippen LogP contribution in [-0.4, -0.2) is 30.0 Å². The second-order valence-electron chi connectivity index (χ2n) is 9.97.